The quantitative estimate of drug-likeness (QED) is 0.569. The zero-order valence-electron chi connectivity index (χ0n) is 16.5. The van der Waals surface area contributed by atoms with Gasteiger partial charge in [0.25, 0.3) is 5.91 Å². The van der Waals surface area contributed by atoms with E-state index in [1.807, 2.05) is 0 Å². The minimum atomic E-state index is -1.45. The third-order valence-corrected chi connectivity index (χ3v) is 5.71. The van der Waals surface area contributed by atoms with Crippen molar-refractivity contribution in [3.8, 4) is 11.3 Å². The minimum absolute atomic E-state index is 0.0640. The fraction of sp³-hybridized carbons (Fsp3) is 0.143. The van der Waals surface area contributed by atoms with Crippen LogP contribution < -0.4 is 10.6 Å². The van der Waals surface area contributed by atoms with Gasteiger partial charge in [-0.25, -0.2) is 22.9 Å². The Bertz CT molecular complexity index is 1230. The Hall–Kier alpha value is -3.73. The van der Waals surface area contributed by atoms with Crippen molar-refractivity contribution in [3.63, 3.8) is 0 Å². The predicted octanol–water partition coefficient (Wildman–Crippen LogP) is 3.63. The number of hydrogen-bond donors (Lipinski definition) is 2. The van der Waals surface area contributed by atoms with E-state index >= 15 is 0 Å². The first-order valence-electron chi connectivity index (χ1n) is 9.28. The molecule has 1 saturated heterocycles. The maximum atomic E-state index is 13.9. The van der Waals surface area contributed by atoms with Crippen LogP contribution in [0.2, 0.25) is 0 Å². The molecule has 1 aliphatic heterocycles. The summed E-state index contributed by atoms with van der Waals surface area (Å²) in [6.45, 7) is 0.865. The number of carbonyl (C=O) groups is 3. The molecule has 2 N–H and O–H groups in total. The van der Waals surface area contributed by atoms with Crippen molar-refractivity contribution in [1.82, 2.24) is 15.2 Å². The van der Waals surface area contributed by atoms with Crippen LogP contribution in [-0.2, 0) is 15.1 Å². The number of halogens is 3. The number of urea groups is 1. The summed E-state index contributed by atoms with van der Waals surface area (Å²) in [4.78, 5) is 42.4. The molecule has 0 spiro atoms. The van der Waals surface area contributed by atoms with Gasteiger partial charge in [0.05, 0.1) is 5.69 Å². The Morgan fingerprint density at radius 1 is 1.12 bits per heavy atom. The van der Waals surface area contributed by atoms with E-state index in [4.69, 9.17) is 0 Å². The second-order valence-electron chi connectivity index (χ2n) is 7.16. The molecule has 7 nitrogen and oxygen atoms in total. The Morgan fingerprint density at radius 3 is 2.53 bits per heavy atom. The highest BCUT2D eigenvalue weighted by Gasteiger charge is 2.49. The summed E-state index contributed by atoms with van der Waals surface area (Å²) < 4.78 is 40.5. The van der Waals surface area contributed by atoms with Crippen molar-refractivity contribution < 1.29 is 27.6 Å². The molecule has 1 atom stereocenters. The lowest BCUT2D eigenvalue weighted by atomic mass is 9.92. The van der Waals surface area contributed by atoms with Gasteiger partial charge in [-0.15, -0.1) is 11.3 Å². The molecule has 2 heterocycles. The average molecular weight is 460 g/mol. The first-order valence-corrected chi connectivity index (χ1v) is 10.2. The van der Waals surface area contributed by atoms with E-state index in [2.05, 4.69) is 15.6 Å². The van der Waals surface area contributed by atoms with Gasteiger partial charge in [0.2, 0.25) is 5.91 Å². The molecule has 1 unspecified atom stereocenters. The van der Waals surface area contributed by atoms with Crippen LogP contribution in [0.1, 0.15) is 12.5 Å². The highest BCUT2D eigenvalue weighted by Crippen LogP contribution is 2.30. The van der Waals surface area contributed by atoms with Crippen LogP contribution in [0.15, 0.2) is 47.8 Å². The summed E-state index contributed by atoms with van der Waals surface area (Å²) in [5.41, 5.74) is -1.03. The van der Waals surface area contributed by atoms with Gasteiger partial charge in [-0.2, -0.15) is 0 Å². The molecule has 0 bridgehead atoms. The van der Waals surface area contributed by atoms with E-state index in [9.17, 15) is 27.6 Å². The van der Waals surface area contributed by atoms with Crippen LogP contribution in [0.5, 0.6) is 0 Å². The zero-order chi connectivity index (χ0) is 23.0. The van der Waals surface area contributed by atoms with E-state index in [-0.39, 0.29) is 16.4 Å². The minimum Gasteiger partial charge on any atom is -0.319 e. The molecule has 0 saturated carbocycles. The molecule has 32 heavy (non-hydrogen) atoms. The van der Waals surface area contributed by atoms with Crippen LogP contribution in [-0.4, -0.2) is 34.3 Å². The number of anilines is 1. The van der Waals surface area contributed by atoms with Crippen LogP contribution in [0.4, 0.5) is 23.1 Å². The molecule has 4 rings (SSSR count). The number of thiazole rings is 1. The number of hydrogen-bond acceptors (Lipinski definition) is 5. The van der Waals surface area contributed by atoms with Gasteiger partial charge in [-0.3, -0.25) is 14.5 Å². The third kappa shape index (κ3) is 3.94. The highest BCUT2D eigenvalue weighted by atomic mass is 32.1. The summed E-state index contributed by atoms with van der Waals surface area (Å²) >= 11 is 0.973. The maximum Gasteiger partial charge on any atom is 0.325 e. The second kappa shape index (κ2) is 8.08. The van der Waals surface area contributed by atoms with Crippen molar-refractivity contribution >= 4 is 34.3 Å². The molecule has 3 aromatic rings. The Morgan fingerprint density at radius 2 is 1.81 bits per heavy atom. The maximum absolute atomic E-state index is 13.9. The number of amides is 4. The SMILES string of the molecule is CC1(c2ccc(F)cc2)NC(=O)N(CC(=O)Nc2nc(-c3cc(F)ccc3F)cs2)C1=O. The summed E-state index contributed by atoms with van der Waals surface area (Å²) in [6, 6.07) is 7.23. The van der Waals surface area contributed by atoms with E-state index < -0.39 is 47.4 Å². The highest BCUT2D eigenvalue weighted by molar-refractivity contribution is 7.14. The van der Waals surface area contributed by atoms with E-state index in [0.717, 1.165) is 46.6 Å². The molecule has 1 fully saturated rings. The molecule has 164 valence electrons. The van der Waals surface area contributed by atoms with Crippen molar-refractivity contribution in [1.29, 1.82) is 0 Å². The summed E-state index contributed by atoms with van der Waals surface area (Å²) in [5, 5.41) is 6.48. The van der Waals surface area contributed by atoms with Gasteiger partial charge >= 0.3 is 6.03 Å². The van der Waals surface area contributed by atoms with Crippen molar-refractivity contribution in [2.75, 3.05) is 11.9 Å². The van der Waals surface area contributed by atoms with E-state index in [1.54, 1.807) is 0 Å². The predicted molar refractivity (Wildman–Crippen MR) is 110 cm³/mol. The van der Waals surface area contributed by atoms with Crippen molar-refractivity contribution in [2.24, 2.45) is 0 Å². The fourth-order valence-electron chi connectivity index (χ4n) is 3.27. The lowest BCUT2D eigenvalue weighted by Gasteiger charge is -2.22. The molecule has 4 amide bonds. The summed E-state index contributed by atoms with van der Waals surface area (Å²) in [5.74, 6) is -3.19. The summed E-state index contributed by atoms with van der Waals surface area (Å²) in [7, 11) is 0. The second-order valence-corrected chi connectivity index (χ2v) is 8.02. The average Bonchev–Trinajstić information content (AvgIpc) is 3.29. The summed E-state index contributed by atoms with van der Waals surface area (Å²) in [6.07, 6.45) is 0. The lowest BCUT2D eigenvalue weighted by Crippen LogP contribution is -2.42. The van der Waals surface area contributed by atoms with Crippen LogP contribution in [0.3, 0.4) is 0 Å². The number of rotatable bonds is 5. The number of aromatic nitrogens is 1. The Labute approximate surface area is 183 Å². The standard InChI is InChI=1S/C21H15F3N4O3S/c1-21(11-2-4-12(22)5-3-11)18(30)28(20(31)27-21)9-17(29)26-19-25-16(10-32-19)14-8-13(23)6-7-15(14)24/h2-8,10H,9H2,1H3,(H,27,31)(H,25,26,29). The number of benzene rings is 2. The monoisotopic (exact) mass is 460 g/mol. The third-order valence-electron chi connectivity index (χ3n) is 4.95. The molecule has 1 aliphatic rings. The van der Waals surface area contributed by atoms with E-state index in [1.165, 1.54) is 24.4 Å². The molecular weight excluding hydrogens is 445 g/mol. The Balaban J connectivity index is 1.46. The van der Waals surface area contributed by atoms with Crippen LogP contribution >= 0.6 is 11.3 Å². The topological polar surface area (TPSA) is 91.4 Å². The molecule has 11 heteroatoms. The van der Waals surface area contributed by atoms with Crippen molar-refractivity contribution in [3.05, 3.63) is 70.9 Å². The van der Waals surface area contributed by atoms with Gasteiger partial charge in [-0.1, -0.05) is 12.1 Å². The van der Waals surface area contributed by atoms with Crippen molar-refractivity contribution in [2.45, 2.75) is 12.5 Å². The molecule has 0 aliphatic carbocycles. The van der Waals surface area contributed by atoms with Gasteiger partial charge in [0.1, 0.15) is 29.5 Å². The largest absolute Gasteiger partial charge is 0.325 e. The molecule has 0 radical (unpaired) electrons. The van der Waals surface area contributed by atoms with Crippen LogP contribution in [0, 0.1) is 17.5 Å². The number of imide groups is 1. The van der Waals surface area contributed by atoms with E-state index in [0.29, 0.717) is 5.56 Å². The normalized spacial score (nSPS) is 18.1. The van der Waals surface area contributed by atoms with Gasteiger partial charge in [0, 0.05) is 10.9 Å². The lowest BCUT2D eigenvalue weighted by molar-refractivity contribution is -0.133. The molecule has 1 aromatic heterocycles. The van der Waals surface area contributed by atoms with Gasteiger partial charge in [-0.05, 0) is 42.8 Å². The fourth-order valence-corrected chi connectivity index (χ4v) is 4.00. The number of nitrogens with zero attached hydrogens (tertiary/aromatic N) is 2. The van der Waals surface area contributed by atoms with Gasteiger partial charge < -0.3 is 10.6 Å². The molecule has 2 aromatic carbocycles. The number of carbonyl (C=O) groups excluding carboxylic acids is 3. The first-order chi connectivity index (χ1) is 15.2. The zero-order valence-corrected chi connectivity index (χ0v) is 17.3. The molecular formula is C21H15F3N4O3S. The van der Waals surface area contributed by atoms with Gasteiger partial charge in [0.15, 0.2) is 5.13 Å². The van der Waals surface area contributed by atoms with Crippen LogP contribution in [0.25, 0.3) is 11.3 Å². The number of nitrogens with one attached hydrogen (secondary N) is 2. The Kier molecular flexibility index (Phi) is 5.43. The smallest absolute Gasteiger partial charge is 0.319 e. The first kappa shape index (κ1) is 21.5.